The Kier molecular flexibility index (Phi) is 5.89. The van der Waals surface area contributed by atoms with Crippen LogP contribution in [0.3, 0.4) is 0 Å². The molecule has 1 aromatic heterocycles. The number of likely N-dealkylation sites (tertiary alicyclic amines) is 1. The monoisotopic (exact) mass is 416 g/mol. The average molecular weight is 417 g/mol. The first-order chi connectivity index (χ1) is 14.9. The molecule has 2 aromatic carbocycles. The lowest BCUT2D eigenvalue weighted by Gasteiger charge is -2.32. The molecule has 1 aliphatic heterocycles. The van der Waals surface area contributed by atoms with Crippen molar-refractivity contribution in [2.24, 2.45) is 5.92 Å². The molecule has 6 nitrogen and oxygen atoms in total. The Hall–Kier alpha value is -3.41. The summed E-state index contributed by atoms with van der Waals surface area (Å²) in [6.45, 7) is 3.20. The average Bonchev–Trinajstić information content (AvgIpc) is 3.24. The zero-order valence-corrected chi connectivity index (χ0v) is 18.3. The minimum atomic E-state index is -0.0343. The second-order valence-electron chi connectivity index (χ2n) is 8.34. The zero-order chi connectivity index (χ0) is 22.0. The summed E-state index contributed by atoms with van der Waals surface area (Å²) < 4.78 is 1.78. The van der Waals surface area contributed by atoms with Gasteiger partial charge in [-0.05, 0) is 31.9 Å². The Morgan fingerprint density at radius 1 is 0.968 bits per heavy atom. The van der Waals surface area contributed by atoms with Gasteiger partial charge < -0.3 is 9.80 Å². The third kappa shape index (κ3) is 4.38. The molecule has 0 bridgehead atoms. The van der Waals surface area contributed by atoms with E-state index in [0.717, 1.165) is 11.3 Å². The number of piperidine rings is 1. The molecule has 3 aromatic rings. The van der Waals surface area contributed by atoms with Gasteiger partial charge in [-0.3, -0.25) is 9.59 Å². The van der Waals surface area contributed by atoms with Gasteiger partial charge in [-0.1, -0.05) is 48.0 Å². The SMILES string of the molecule is Cc1ccc(-n2cc(C(=O)N3CCC(C(=O)N(C)C)CC3)c(-c3ccccc3)n2)cc1. The summed E-state index contributed by atoms with van der Waals surface area (Å²) in [6.07, 6.45) is 3.21. The molecule has 2 amide bonds. The predicted octanol–water partition coefficient (Wildman–Crippen LogP) is 3.79. The first-order valence-corrected chi connectivity index (χ1v) is 10.7. The number of rotatable bonds is 4. The Bertz CT molecular complexity index is 1060. The maximum absolute atomic E-state index is 13.5. The number of carbonyl (C=O) groups is 2. The topological polar surface area (TPSA) is 58.4 Å². The van der Waals surface area contributed by atoms with Crippen LogP contribution in [-0.4, -0.2) is 58.6 Å². The van der Waals surface area contributed by atoms with Gasteiger partial charge in [0.05, 0.1) is 11.3 Å². The zero-order valence-electron chi connectivity index (χ0n) is 18.3. The fourth-order valence-electron chi connectivity index (χ4n) is 4.03. The second-order valence-corrected chi connectivity index (χ2v) is 8.34. The molecule has 1 aliphatic rings. The number of benzene rings is 2. The highest BCUT2D eigenvalue weighted by Gasteiger charge is 2.30. The number of carbonyl (C=O) groups excluding carboxylic acids is 2. The van der Waals surface area contributed by atoms with Gasteiger partial charge in [0, 0.05) is 44.9 Å². The Balaban J connectivity index is 1.63. The van der Waals surface area contributed by atoms with Crippen LogP contribution in [-0.2, 0) is 4.79 Å². The quantitative estimate of drug-likeness (QED) is 0.650. The molecule has 31 heavy (non-hydrogen) atoms. The van der Waals surface area contributed by atoms with Gasteiger partial charge >= 0.3 is 0 Å². The molecule has 2 heterocycles. The fraction of sp³-hybridized carbons (Fsp3) is 0.320. The Morgan fingerprint density at radius 2 is 1.61 bits per heavy atom. The molecule has 0 N–H and O–H groups in total. The van der Waals surface area contributed by atoms with E-state index in [2.05, 4.69) is 0 Å². The van der Waals surface area contributed by atoms with E-state index in [1.54, 1.807) is 23.7 Å². The van der Waals surface area contributed by atoms with E-state index in [1.165, 1.54) is 5.56 Å². The third-order valence-electron chi connectivity index (χ3n) is 5.86. The first-order valence-electron chi connectivity index (χ1n) is 10.7. The highest BCUT2D eigenvalue weighted by atomic mass is 16.2. The van der Waals surface area contributed by atoms with Crippen LogP contribution < -0.4 is 0 Å². The molecule has 160 valence electrons. The maximum Gasteiger partial charge on any atom is 0.257 e. The van der Waals surface area contributed by atoms with E-state index in [4.69, 9.17) is 5.10 Å². The second kappa shape index (κ2) is 8.76. The molecule has 1 saturated heterocycles. The molecular formula is C25H28N4O2. The lowest BCUT2D eigenvalue weighted by molar-refractivity contribution is -0.134. The van der Waals surface area contributed by atoms with E-state index >= 15 is 0 Å². The highest BCUT2D eigenvalue weighted by Crippen LogP contribution is 2.27. The van der Waals surface area contributed by atoms with Crippen LogP contribution in [0.4, 0.5) is 0 Å². The molecule has 0 saturated carbocycles. The minimum absolute atomic E-state index is 0.0112. The van der Waals surface area contributed by atoms with Gasteiger partial charge in [-0.15, -0.1) is 0 Å². The van der Waals surface area contributed by atoms with E-state index < -0.39 is 0 Å². The van der Waals surface area contributed by atoms with Crippen LogP contribution in [0.25, 0.3) is 16.9 Å². The number of aromatic nitrogens is 2. The first kappa shape index (κ1) is 20.8. The largest absolute Gasteiger partial charge is 0.349 e. The van der Waals surface area contributed by atoms with Gasteiger partial charge in [0.1, 0.15) is 5.69 Å². The van der Waals surface area contributed by atoms with Gasteiger partial charge in [0.15, 0.2) is 0 Å². The number of hydrogen-bond donors (Lipinski definition) is 0. The summed E-state index contributed by atoms with van der Waals surface area (Å²) in [5.41, 5.74) is 4.26. The van der Waals surface area contributed by atoms with E-state index in [-0.39, 0.29) is 17.7 Å². The van der Waals surface area contributed by atoms with E-state index in [9.17, 15) is 9.59 Å². The van der Waals surface area contributed by atoms with Gasteiger partial charge in [0.25, 0.3) is 5.91 Å². The van der Waals surface area contributed by atoms with Crippen LogP contribution >= 0.6 is 0 Å². The van der Waals surface area contributed by atoms with Crippen molar-refractivity contribution in [1.82, 2.24) is 19.6 Å². The molecule has 1 fully saturated rings. The predicted molar refractivity (Wildman–Crippen MR) is 121 cm³/mol. The van der Waals surface area contributed by atoms with Crippen molar-refractivity contribution < 1.29 is 9.59 Å². The number of nitrogens with zero attached hydrogens (tertiary/aromatic N) is 4. The Morgan fingerprint density at radius 3 is 2.23 bits per heavy atom. The van der Waals surface area contributed by atoms with Crippen molar-refractivity contribution in [3.05, 3.63) is 71.9 Å². The van der Waals surface area contributed by atoms with Crippen LogP contribution in [0.1, 0.15) is 28.8 Å². The third-order valence-corrected chi connectivity index (χ3v) is 5.86. The number of amides is 2. The lowest BCUT2D eigenvalue weighted by Crippen LogP contribution is -2.42. The van der Waals surface area contributed by atoms with Crippen molar-refractivity contribution in [2.45, 2.75) is 19.8 Å². The molecule has 0 radical (unpaired) electrons. The maximum atomic E-state index is 13.5. The molecule has 0 aliphatic carbocycles. The standard InChI is InChI=1S/C25H28N4O2/c1-18-9-11-21(12-10-18)29-17-22(23(26-29)19-7-5-4-6-8-19)25(31)28-15-13-20(14-16-28)24(30)27(2)3/h4-12,17,20H,13-16H2,1-3H3. The van der Waals surface area contributed by atoms with E-state index in [0.29, 0.717) is 37.2 Å². The molecule has 0 unspecified atom stereocenters. The van der Waals surface area contributed by atoms with Crippen molar-refractivity contribution in [1.29, 1.82) is 0 Å². The van der Waals surface area contributed by atoms with Gasteiger partial charge in [-0.2, -0.15) is 5.10 Å². The summed E-state index contributed by atoms with van der Waals surface area (Å²) in [4.78, 5) is 29.2. The van der Waals surface area contributed by atoms with Crippen LogP contribution in [0, 0.1) is 12.8 Å². The Labute approximate surface area is 183 Å². The van der Waals surface area contributed by atoms with Crippen molar-refractivity contribution in [2.75, 3.05) is 27.2 Å². The van der Waals surface area contributed by atoms with Crippen LogP contribution in [0.15, 0.2) is 60.8 Å². The van der Waals surface area contributed by atoms with Crippen molar-refractivity contribution >= 4 is 11.8 Å². The molecule has 6 heteroatoms. The summed E-state index contributed by atoms with van der Waals surface area (Å²) in [5.74, 6) is 0.0974. The fourth-order valence-corrected chi connectivity index (χ4v) is 4.03. The van der Waals surface area contributed by atoms with Crippen molar-refractivity contribution in [3.8, 4) is 16.9 Å². The lowest BCUT2D eigenvalue weighted by atomic mass is 9.95. The highest BCUT2D eigenvalue weighted by molar-refractivity contribution is 6.00. The van der Waals surface area contributed by atoms with Crippen molar-refractivity contribution in [3.63, 3.8) is 0 Å². The molecule has 0 spiro atoms. The summed E-state index contributed by atoms with van der Waals surface area (Å²) in [5, 5.41) is 4.77. The van der Waals surface area contributed by atoms with Crippen LogP contribution in [0.2, 0.25) is 0 Å². The summed E-state index contributed by atoms with van der Waals surface area (Å²) in [7, 11) is 3.57. The van der Waals surface area contributed by atoms with Crippen LogP contribution in [0.5, 0.6) is 0 Å². The molecular weight excluding hydrogens is 388 g/mol. The van der Waals surface area contributed by atoms with E-state index in [1.807, 2.05) is 72.6 Å². The summed E-state index contributed by atoms with van der Waals surface area (Å²) >= 11 is 0. The number of hydrogen-bond acceptors (Lipinski definition) is 3. The van der Waals surface area contributed by atoms with Gasteiger partial charge in [-0.25, -0.2) is 4.68 Å². The molecule has 0 atom stereocenters. The minimum Gasteiger partial charge on any atom is -0.349 e. The van der Waals surface area contributed by atoms with Gasteiger partial charge in [0.2, 0.25) is 5.91 Å². The normalized spacial score (nSPS) is 14.5. The smallest absolute Gasteiger partial charge is 0.257 e. The number of aryl methyl sites for hydroxylation is 1. The summed E-state index contributed by atoms with van der Waals surface area (Å²) in [6, 6.07) is 17.9. The molecule has 4 rings (SSSR count).